The highest BCUT2D eigenvalue weighted by molar-refractivity contribution is 5.85. The predicted molar refractivity (Wildman–Crippen MR) is 75.6 cm³/mol. The van der Waals surface area contributed by atoms with Crippen LogP contribution in [0.15, 0.2) is 24.3 Å². The summed E-state index contributed by atoms with van der Waals surface area (Å²) >= 11 is 0. The number of fused-ring (bicyclic) bond motifs is 1. The van der Waals surface area contributed by atoms with Crippen molar-refractivity contribution in [1.82, 2.24) is 16.1 Å². The third-order valence-electron chi connectivity index (χ3n) is 3.17. The Labute approximate surface area is 123 Å². The van der Waals surface area contributed by atoms with Crippen molar-refractivity contribution in [2.24, 2.45) is 0 Å². The van der Waals surface area contributed by atoms with Crippen LogP contribution in [0.5, 0.6) is 0 Å². The molecule has 0 radical (unpaired) electrons. The molecule has 7 heteroatoms. The molecule has 1 aromatic rings. The lowest BCUT2D eigenvalue weighted by Crippen LogP contribution is -2.48. The van der Waals surface area contributed by atoms with Gasteiger partial charge in [-0.3, -0.25) is 14.8 Å². The van der Waals surface area contributed by atoms with Crippen molar-refractivity contribution in [3.63, 3.8) is 0 Å². The van der Waals surface area contributed by atoms with Crippen LogP contribution >= 0.6 is 12.4 Å². The highest BCUT2D eigenvalue weighted by Gasteiger charge is 2.23. The van der Waals surface area contributed by atoms with Gasteiger partial charge in [-0.25, -0.2) is 5.48 Å². The summed E-state index contributed by atoms with van der Waals surface area (Å²) in [5.74, 6) is -0.637. The first kappa shape index (κ1) is 16.4. The molecular weight excluding hydrogens is 282 g/mol. The SMILES string of the molecule is Cl.O=C(CCNC(=O)[C@@H]1Cc2ccccc2CN1)NO. The van der Waals surface area contributed by atoms with Crippen molar-refractivity contribution >= 4 is 24.2 Å². The molecule has 1 aromatic carbocycles. The van der Waals surface area contributed by atoms with E-state index in [4.69, 9.17) is 5.21 Å². The fourth-order valence-electron chi connectivity index (χ4n) is 2.12. The largest absolute Gasteiger partial charge is 0.354 e. The molecule has 1 atom stereocenters. The summed E-state index contributed by atoms with van der Waals surface area (Å²) in [6.07, 6.45) is 0.708. The van der Waals surface area contributed by atoms with Gasteiger partial charge in [0.05, 0.1) is 6.04 Å². The second-order valence-corrected chi connectivity index (χ2v) is 4.48. The topological polar surface area (TPSA) is 90.5 Å². The van der Waals surface area contributed by atoms with Gasteiger partial charge in [0.1, 0.15) is 0 Å². The summed E-state index contributed by atoms with van der Waals surface area (Å²) in [6, 6.07) is 7.74. The van der Waals surface area contributed by atoms with Gasteiger partial charge in [0, 0.05) is 19.5 Å². The maximum absolute atomic E-state index is 11.9. The summed E-state index contributed by atoms with van der Waals surface area (Å²) in [6.45, 7) is 0.885. The molecule has 2 rings (SSSR count). The van der Waals surface area contributed by atoms with Crippen molar-refractivity contribution in [2.45, 2.75) is 25.4 Å². The van der Waals surface area contributed by atoms with Crippen LogP contribution in [-0.2, 0) is 22.6 Å². The minimum absolute atomic E-state index is 0. The molecule has 110 valence electrons. The van der Waals surface area contributed by atoms with Crippen LogP contribution in [-0.4, -0.2) is 29.6 Å². The Morgan fingerprint density at radius 1 is 1.30 bits per heavy atom. The second-order valence-electron chi connectivity index (χ2n) is 4.48. The van der Waals surface area contributed by atoms with E-state index in [9.17, 15) is 9.59 Å². The molecule has 0 saturated heterocycles. The Bertz CT molecular complexity index is 482. The monoisotopic (exact) mass is 299 g/mol. The third kappa shape index (κ3) is 4.19. The smallest absolute Gasteiger partial charge is 0.245 e. The van der Waals surface area contributed by atoms with Gasteiger partial charge < -0.3 is 10.6 Å². The molecule has 20 heavy (non-hydrogen) atoms. The number of amides is 2. The lowest BCUT2D eigenvalue weighted by molar-refractivity contribution is -0.129. The molecule has 0 bridgehead atoms. The van der Waals surface area contributed by atoms with Crippen LogP contribution in [0.3, 0.4) is 0 Å². The summed E-state index contributed by atoms with van der Waals surface area (Å²) in [7, 11) is 0. The van der Waals surface area contributed by atoms with E-state index in [2.05, 4.69) is 10.6 Å². The highest BCUT2D eigenvalue weighted by Crippen LogP contribution is 2.16. The Kier molecular flexibility index (Phi) is 6.44. The number of hydrogen-bond donors (Lipinski definition) is 4. The maximum Gasteiger partial charge on any atom is 0.245 e. The number of nitrogens with one attached hydrogen (secondary N) is 3. The normalized spacial score (nSPS) is 16.6. The molecule has 0 saturated carbocycles. The molecule has 0 aromatic heterocycles. The van der Waals surface area contributed by atoms with E-state index in [0.29, 0.717) is 13.0 Å². The van der Waals surface area contributed by atoms with E-state index in [1.807, 2.05) is 24.3 Å². The lowest BCUT2D eigenvalue weighted by atomic mass is 9.95. The van der Waals surface area contributed by atoms with Gasteiger partial charge in [-0.1, -0.05) is 24.3 Å². The molecule has 4 N–H and O–H groups in total. The van der Waals surface area contributed by atoms with Gasteiger partial charge in [0.15, 0.2) is 0 Å². The zero-order valence-electron chi connectivity index (χ0n) is 10.9. The number of carbonyl (C=O) groups is 2. The molecule has 0 unspecified atom stereocenters. The van der Waals surface area contributed by atoms with Crippen molar-refractivity contribution in [1.29, 1.82) is 0 Å². The second kappa shape index (κ2) is 7.84. The van der Waals surface area contributed by atoms with Crippen LogP contribution in [0.2, 0.25) is 0 Å². The molecule has 0 spiro atoms. The first-order chi connectivity index (χ1) is 9.20. The zero-order chi connectivity index (χ0) is 13.7. The van der Waals surface area contributed by atoms with Crippen LogP contribution in [0.25, 0.3) is 0 Å². The van der Waals surface area contributed by atoms with Gasteiger partial charge in [-0.2, -0.15) is 0 Å². The van der Waals surface area contributed by atoms with E-state index < -0.39 is 5.91 Å². The van der Waals surface area contributed by atoms with Crippen LogP contribution in [0.4, 0.5) is 0 Å². The predicted octanol–water partition coefficient (Wildman–Crippen LogP) is 0.134. The third-order valence-corrected chi connectivity index (χ3v) is 3.17. The van der Waals surface area contributed by atoms with E-state index >= 15 is 0 Å². The Balaban J connectivity index is 0.00000200. The minimum Gasteiger partial charge on any atom is -0.354 e. The van der Waals surface area contributed by atoms with E-state index in [1.165, 1.54) is 16.6 Å². The van der Waals surface area contributed by atoms with Crippen LogP contribution in [0.1, 0.15) is 17.5 Å². The summed E-state index contributed by atoms with van der Waals surface area (Å²) in [5, 5.41) is 14.2. The molecule has 1 aliphatic heterocycles. The summed E-state index contributed by atoms with van der Waals surface area (Å²) in [5.41, 5.74) is 3.91. The maximum atomic E-state index is 11.9. The number of carbonyl (C=O) groups excluding carboxylic acids is 2. The molecule has 0 aliphatic carbocycles. The van der Waals surface area contributed by atoms with Gasteiger partial charge in [-0.15, -0.1) is 12.4 Å². The number of hydroxylamine groups is 1. The van der Waals surface area contributed by atoms with E-state index in [0.717, 1.165) is 0 Å². The Hall–Kier alpha value is -1.63. The Morgan fingerprint density at radius 2 is 2.00 bits per heavy atom. The molecular formula is C13H18ClN3O3. The quantitative estimate of drug-likeness (QED) is 0.470. The van der Waals surface area contributed by atoms with Crippen molar-refractivity contribution in [3.05, 3.63) is 35.4 Å². The highest BCUT2D eigenvalue weighted by atomic mass is 35.5. The summed E-state index contributed by atoms with van der Waals surface area (Å²) in [4.78, 5) is 22.7. The fourth-order valence-corrected chi connectivity index (χ4v) is 2.12. The number of hydrogen-bond acceptors (Lipinski definition) is 4. The first-order valence-corrected chi connectivity index (χ1v) is 6.21. The van der Waals surface area contributed by atoms with E-state index in [1.54, 1.807) is 0 Å². The number of halogens is 1. The summed E-state index contributed by atoms with van der Waals surface area (Å²) < 4.78 is 0. The van der Waals surface area contributed by atoms with Crippen molar-refractivity contribution < 1.29 is 14.8 Å². The molecule has 6 nitrogen and oxygen atoms in total. The molecule has 0 fully saturated rings. The fraction of sp³-hybridized carbons (Fsp3) is 0.385. The lowest BCUT2D eigenvalue weighted by Gasteiger charge is -2.25. The number of benzene rings is 1. The average molecular weight is 300 g/mol. The van der Waals surface area contributed by atoms with Crippen LogP contribution < -0.4 is 16.1 Å². The zero-order valence-corrected chi connectivity index (χ0v) is 11.7. The van der Waals surface area contributed by atoms with E-state index in [-0.39, 0.29) is 37.3 Å². The average Bonchev–Trinajstić information content (AvgIpc) is 2.46. The standard InChI is InChI=1S/C13H17N3O3.ClH/c17-12(16-19)5-6-14-13(18)11-7-9-3-1-2-4-10(9)8-15-11;/h1-4,11,15,19H,5-8H2,(H,14,18)(H,16,17);1H/t11-;/m0./s1. The van der Waals surface area contributed by atoms with Gasteiger partial charge >= 0.3 is 0 Å². The van der Waals surface area contributed by atoms with Crippen molar-refractivity contribution in [2.75, 3.05) is 6.54 Å². The Morgan fingerprint density at radius 3 is 2.70 bits per heavy atom. The van der Waals surface area contributed by atoms with Gasteiger partial charge in [0.2, 0.25) is 11.8 Å². The van der Waals surface area contributed by atoms with Crippen LogP contribution in [0, 0.1) is 0 Å². The number of rotatable bonds is 4. The molecule has 1 heterocycles. The minimum atomic E-state index is -0.512. The first-order valence-electron chi connectivity index (χ1n) is 6.21. The van der Waals surface area contributed by atoms with Crippen molar-refractivity contribution in [3.8, 4) is 0 Å². The molecule has 2 amide bonds. The van der Waals surface area contributed by atoms with Gasteiger partial charge in [-0.05, 0) is 17.5 Å². The molecule has 1 aliphatic rings. The van der Waals surface area contributed by atoms with Gasteiger partial charge in [0.25, 0.3) is 0 Å².